The molecule has 1 saturated heterocycles. The van der Waals surface area contributed by atoms with Crippen LogP contribution in [0.1, 0.15) is 112 Å². The van der Waals surface area contributed by atoms with Crippen molar-refractivity contribution in [3.05, 3.63) is 39.7 Å². The third kappa shape index (κ3) is 8.01. The smallest absolute Gasteiger partial charge is 0.348 e. The highest BCUT2D eigenvalue weighted by atomic mass is 32.1. The summed E-state index contributed by atoms with van der Waals surface area (Å²) in [6, 6.07) is 5.55. The number of nitrogens with zero attached hydrogens (tertiary/aromatic N) is 3. The fourth-order valence-electron chi connectivity index (χ4n) is 6.48. The monoisotopic (exact) mass is 619 g/mol. The predicted octanol–water partition coefficient (Wildman–Crippen LogP) is 6.91. The van der Waals surface area contributed by atoms with Crippen LogP contribution < -0.4 is 9.64 Å². The number of ether oxygens (including phenoxy) is 1. The van der Waals surface area contributed by atoms with E-state index in [0.29, 0.717) is 48.2 Å². The van der Waals surface area contributed by atoms with E-state index in [4.69, 9.17) is 4.74 Å². The second-order valence-corrected chi connectivity index (χ2v) is 14.8. The molecule has 1 N–H and O–H groups in total. The van der Waals surface area contributed by atoms with Crippen LogP contribution in [0, 0.1) is 29.1 Å². The number of carbonyl (C=O) groups excluding carboxylic acids is 2. The van der Waals surface area contributed by atoms with Crippen LogP contribution in [-0.2, 0) is 16.1 Å². The SMILES string of the molecule is CC1CCC(C(=O)N(c2cc(C#CC(C)(C)C)sc2C(=O)O)C2CCC(Oc3ccc(CN4CCCC4=O)cn3)CC2)CC1. The number of likely N-dealkylation sites (tertiary alicyclic amines) is 1. The van der Waals surface area contributed by atoms with Gasteiger partial charge in [0.1, 0.15) is 11.0 Å². The maximum absolute atomic E-state index is 14.2. The number of amides is 2. The van der Waals surface area contributed by atoms with E-state index in [1.807, 2.05) is 48.8 Å². The molecule has 0 atom stereocenters. The first-order valence-corrected chi connectivity index (χ1v) is 16.9. The van der Waals surface area contributed by atoms with Gasteiger partial charge >= 0.3 is 5.97 Å². The Hall–Kier alpha value is -3.38. The number of carbonyl (C=O) groups is 3. The van der Waals surface area contributed by atoms with Gasteiger partial charge in [0.15, 0.2) is 0 Å². The predicted molar refractivity (Wildman–Crippen MR) is 172 cm³/mol. The van der Waals surface area contributed by atoms with Gasteiger partial charge < -0.3 is 19.6 Å². The van der Waals surface area contributed by atoms with Gasteiger partial charge in [0.05, 0.1) is 10.6 Å². The maximum Gasteiger partial charge on any atom is 0.348 e. The van der Waals surface area contributed by atoms with Gasteiger partial charge in [0, 0.05) is 49.1 Å². The number of hydrogen-bond donors (Lipinski definition) is 1. The fourth-order valence-corrected chi connectivity index (χ4v) is 7.32. The zero-order chi connectivity index (χ0) is 31.4. The molecule has 0 radical (unpaired) electrons. The summed E-state index contributed by atoms with van der Waals surface area (Å²) in [5.74, 6) is 6.67. The Bertz CT molecular complexity index is 1400. The van der Waals surface area contributed by atoms with Crippen molar-refractivity contribution in [2.75, 3.05) is 11.4 Å². The number of hydrogen-bond acceptors (Lipinski definition) is 6. The van der Waals surface area contributed by atoms with Gasteiger partial charge in [0.2, 0.25) is 17.7 Å². The molecule has 0 unspecified atom stereocenters. The maximum atomic E-state index is 14.2. The number of carboxylic acids is 1. The molecule has 236 valence electrons. The average molecular weight is 620 g/mol. The summed E-state index contributed by atoms with van der Waals surface area (Å²) in [6.45, 7) is 9.67. The Morgan fingerprint density at radius 3 is 2.43 bits per heavy atom. The highest BCUT2D eigenvalue weighted by molar-refractivity contribution is 7.15. The van der Waals surface area contributed by atoms with Gasteiger partial charge in [-0.05, 0) is 96.1 Å². The molecule has 2 aliphatic carbocycles. The second-order valence-electron chi connectivity index (χ2n) is 13.8. The van der Waals surface area contributed by atoms with E-state index in [2.05, 4.69) is 23.7 Å². The van der Waals surface area contributed by atoms with Crippen molar-refractivity contribution in [2.45, 2.75) is 111 Å². The molecule has 2 aromatic rings. The number of carboxylic acid groups (broad SMARTS) is 1. The van der Waals surface area contributed by atoms with Gasteiger partial charge in [-0.1, -0.05) is 24.8 Å². The Kier molecular flexibility index (Phi) is 9.99. The molecule has 5 rings (SSSR count). The Labute approximate surface area is 265 Å². The quantitative estimate of drug-likeness (QED) is 0.322. The van der Waals surface area contributed by atoms with Crippen molar-refractivity contribution in [1.82, 2.24) is 9.88 Å². The molecule has 1 aliphatic heterocycles. The van der Waals surface area contributed by atoms with E-state index in [1.165, 1.54) is 0 Å². The lowest BCUT2D eigenvalue weighted by Crippen LogP contribution is -2.47. The van der Waals surface area contributed by atoms with Crippen molar-refractivity contribution in [1.29, 1.82) is 0 Å². The van der Waals surface area contributed by atoms with Crippen molar-refractivity contribution < 1.29 is 24.2 Å². The Balaban J connectivity index is 1.30. The molecule has 2 saturated carbocycles. The van der Waals surface area contributed by atoms with Crippen molar-refractivity contribution >= 4 is 34.8 Å². The van der Waals surface area contributed by atoms with E-state index in [9.17, 15) is 19.5 Å². The fraction of sp³-hybridized carbons (Fsp3) is 0.600. The summed E-state index contributed by atoms with van der Waals surface area (Å²) >= 11 is 1.16. The van der Waals surface area contributed by atoms with Crippen LogP contribution in [0.15, 0.2) is 24.4 Å². The molecule has 3 fully saturated rings. The van der Waals surface area contributed by atoms with Gasteiger partial charge in [0.25, 0.3) is 0 Å². The van der Waals surface area contributed by atoms with Crippen LogP contribution >= 0.6 is 11.3 Å². The summed E-state index contributed by atoms with van der Waals surface area (Å²) in [5, 5.41) is 10.2. The molecule has 44 heavy (non-hydrogen) atoms. The van der Waals surface area contributed by atoms with E-state index < -0.39 is 5.97 Å². The lowest BCUT2D eigenvalue weighted by Gasteiger charge is -2.39. The van der Waals surface area contributed by atoms with Crippen LogP contribution in [0.4, 0.5) is 5.69 Å². The third-order valence-electron chi connectivity index (χ3n) is 8.97. The number of anilines is 1. The minimum absolute atomic E-state index is 0.0353. The minimum Gasteiger partial charge on any atom is -0.477 e. The lowest BCUT2D eigenvalue weighted by atomic mass is 9.81. The average Bonchev–Trinajstić information content (AvgIpc) is 3.60. The Morgan fingerprint density at radius 1 is 1.11 bits per heavy atom. The molecular weight excluding hydrogens is 574 g/mol. The zero-order valence-electron chi connectivity index (χ0n) is 26.4. The first-order chi connectivity index (χ1) is 21.0. The van der Waals surface area contributed by atoms with Crippen molar-refractivity contribution in [3.63, 3.8) is 0 Å². The standard InChI is InChI=1S/C35H45N3O5S/c1-23-7-10-25(11-8-23)33(40)38(29-20-28(17-18-35(2,3)4)44-32(29)34(41)42)26-12-14-27(15-13-26)43-30-16-9-24(21-36-30)22-37-19-5-6-31(37)39/h9,16,20-21,23,25-27H,5-8,10-15,19,22H2,1-4H3,(H,41,42). The Morgan fingerprint density at radius 2 is 1.84 bits per heavy atom. The summed E-state index contributed by atoms with van der Waals surface area (Å²) in [6.07, 6.45) is 9.90. The van der Waals surface area contributed by atoms with E-state index in [-0.39, 0.29) is 40.2 Å². The first-order valence-electron chi connectivity index (χ1n) is 16.1. The summed E-state index contributed by atoms with van der Waals surface area (Å²) < 4.78 is 6.25. The second kappa shape index (κ2) is 13.7. The topological polar surface area (TPSA) is 100 Å². The highest BCUT2D eigenvalue weighted by Crippen LogP contribution is 2.39. The lowest BCUT2D eigenvalue weighted by molar-refractivity contribution is -0.128. The zero-order valence-corrected chi connectivity index (χ0v) is 27.3. The van der Waals surface area contributed by atoms with Gasteiger partial charge in [-0.15, -0.1) is 11.3 Å². The number of thiophene rings is 1. The minimum atomic E-state index is -1.02. The number of aromatic carboxylic acids is 1. The molecule has 3 aliphatic rings. The molecule has 8 nitrogen and oxygen atoms in total. The van der Waals surface area contributed by atoms with E-state index in [0.717, 1.165) is 68.4 Å². The van der Waals surface area contributed by atoms with E-state index >= 15 is 0 Å². The van der Waals surface area contributed by atoms with Crippen LogP contribution in [0.3, 0.4) is 0 Å². The highest BCUT2D eigenvalue weighted by Gasteiger charge is 2.38. The molecule has 0 bridgehead atoms. The van der Waals surface area contributed by atoms with Gasteiger partial charge in [-0.2, -0.15) is 0 Å². The molecule has 3 heterocycles. The summed E-state index contributed by atoms with van der Waals surface area (Å²) in [7, 11) is 0. The molecule has 2 amide bonds. The van der Waals surface area contributed by atoms with Crippen LogP contribution in [0.5, 0.6) is 5.88 Å². The third-order valence-corrected chi connectivity index (χ3v) is 10.00. The van der Waals surface area contributed by atoms with Crippen molar-refractivity contribution in [2.24, 2.45) is 17.3 Å². The number of aromatic nitrogens is 1. The van der Waals surface area contributed by atoms with E-state index in [1.54, 1.807) is 6.20 Å². The van der Waals surface area contributed by atoms with Crippen LogP contribution in [0.2, 0.25) is 0 Å². The summed E-state index contributed by atoms with van der Waals surface area (Å²) in [5.41, 5.74) is 1.25. The van der Waals surface area contributed by atoms with Gasteiger partial charge in [-0.25, -0.2) is 9.78 Å². The first kappa shape index (κ1) is 32.0. The molecule has 0 aromatic carbocycles. The van der Waals surface area contributed by atoms with Crippen LogP contribution in [-0.4, -0.2) is 51.5 Å². The van der Waals surface area contributed by atoms with Crippen molar-refractivity contribution in [3.8, 4) is 17.7 Å². The molecule has 9 heteroatoms. The van der Waals surface area contributed by atoms with Crippen LogP contribution in [0.25, 0.3) is 0 Å². The number of pyridine rings is 1. The largest absolute Gasteiger partial charge is 0.477 e. The molecule has 0 spiro atoms. The number of rotatable bonds is 8. The van der Waals surface area contributed by atoms with Gasteiger partial charge in [-0.3, -0.25) is 9.59 Å². The summed E-state index contributed by atoms with van der Waals surface area (Å²) in [4.78, 5) is 47.6. The normalized spacial score (nSPS) is 24.0. The molecule has 2 aromatic heterocycles. The molecular formula is C35H45N3O5S.